The van der Waals surface area contributed by atoms with Gasteiger partial charge in [0.15, 0.2) is 5.78 Å². The monoisotopic (exact) mass is 202 g/mol. The molecule has 0 bridgehead atoms. The molecule has 1 aliphatic heterocycles. The van der Waals surface area contributed by atoms with E-state index in [-0.39, 0.29) is 5.78 Å². The van der Waals surface area contributed by atoms with Crippen LogP contribution in [0.5, 0.6) is 0 Å². The first-order valence-electron chi connectivity index (χ1n) is 5.11. The summed E-state index contributed by atoms with van der Waals surface area (Å²) in [7, 11) is 0. The molecule has 0 aliphatic carbocycles. The normalized spacial score (nSPS) is 15.3. The summed E-state index contributed by atoms with van der Waals surface area (Å²) in [5.74, 6) is 1.13. The van der Waals surface area contributed by atoms with E-state index in [1.54, 1.807) is 0 Å². The maximum atomic E-state index is 11.8. The van der Waals surface area contributed by atoms with Crippen LogP contribution in [0, 0.1) is 0 Å². The predicted octanol–water partition coefficient (Wildman–Crippen LogP) is 1.60. The van der Waals surface area contributed by atoms with Crippen molar-refractivity contribution in [3.8, 4) is 0 Å². The summed E-state index contributed by atoms with van der Waals surface area (Å²) in [5, 5.41) is 0. The van der Waals surface area contributed by atoms with Crippen LogP contribution in [0.2, 0.25) is 0 Å². The van der Waals surface area contributed by atoms with Gasteiger partial charge in [-0.05, 0) is 6.92 Å². The fourth-order valence-corrected chi connectivity index (χ4v) is 1.68. The Kier molecular flexibility index (Phi) is 2.81. The third-order valence-electron chi connectivity index (χ3n) is 2.60. The number of benzene rings is 1. The molecule has 0 saturated carbocycles. The third-order valence-corrected chi connectivity index (χ3v) is 2.60. The molecule has 0 N–H and O–H groups in total. The highest BCUT2D eigenvalue weighted by atomic mass is 16.1. The fourth-order valence-electron chi connectivity index (χ4n) is 1.68. The molecule has 0 atom stereocenters. The molecule has 1 aromatic rings. The van der Waals surface area contributed by atoms with Crippen molar-refractivity contribution in [1.82, 2.24) is 4.90 Å². The first-order chi connectivity index (χ1) is 7.27. The molecule has 1 aliphatic rings. The Morgan fingerprint density at radius 3 is 2.73 bits per heavy atom. The van der Waals surface area contributed by atoms with Gasteiger partial charge < -0.3 is 4.90 Å². The Hall–Kier alpha value is -1.64. The molecule has 0 amide bonds. The molecule has 3 heteroatoms. The lowest BCUT2D eigenvalue weighted by atomic mass is 10.1. The highest BCUT2D eigenvalue weighted by molar-refractivity contribution is 5.99. The minimum Gasteiger partial charge on any atom is -0.351 e. The highest BCUT2D eigenvalue weighted by Gasteiger charge is 2.16. The van der Waals surface area contributed by atoms with Gasteiger partial charge in [0.1, 0.15) is 0 Å². The molecule has 3 nitrogen and oxygen atoms in total. The highest BCUT2D eigenvalue weighted by Crippen LogP contribution is 2.05. The first kappa shape index (κ1) is 9.90. The Morgan fingerprint density at radius 2 is 2.13 bits per heavy atom. The molecule has 78 valence electrons. The molecular formula is C12H14N2O. The minimum atomic E-state index is 0.159. The molecule has 0 radical (unpaired) electrons. The molecule has 1 heterocycles. The van der Waals surface area contributed by atoms with Gasteiger partial charge >= 0.3 is 0 Å². The molecular weight excluding hydrogens is 188 g/mol. The summed E-state index contributed by atoms with van der Waals surface area (Å²) in [6.07, 6.45) is 0. The number of hydrogen-bond donors (Lipinski definition) is 0. The summed E-state index contributed by atoms with van der Waals surface area (Å²) >= 11 is 0. The Morgan fingerprint density at radius 1 is 1.40 bits per heavy atom. The van der Waals surface area contributed by atoms with Gasteiger partial charge in [-0.1, -0.05) is 30.3 Å². The number of ketones is 1. The van der Waals surface area contributed by atoms with Crippen molar-refractivity contribution in [2.24, 2.45) is 4.99 Å². The van der Waals surface area contributed by atoms with Crippen molar-refractivity contribution in [2.75, 3.05) is 19.6 Å². The molecule has 15 heavy (non-hydrogen) atoms. The largest absolute Gasteiger partial charge is 0.351 e. The van der Waals surface area contributed by atoms with Gasteiger partial charge in [0.25, 0.3) is 0 Å². The Labute approximate surface area is 89.4 Å². The quantitative estimate of drug-likeness (QED) is 0.697. The average molecular weight is 202 g/mol. The van der Waals surface area contributed by atoms with Crippen molar-refractivity contribution in [3.05, 3.63) is 35.9 Å². The van der Waals surface area contributed by atoms with Crippen LogP contribution >= 0.6 is 0 Å². The number of Topliss-reactive ketones (excluding diaryl/α,β-unsaturated/α-hetero) is 1. The summed E-state index contributed by atoms with van der Waals surface area (Å²) in [6, 6.07) is 9.39. The Bertz CT molecular complexity index is 384. The predicted molar refractivity (Wildman–Crippen MR) is 60.3 cm³/mol. The third kappa shape index (κ3) is 2.24. The number of hydrogen-bond acceptors (Lipinski definition) is 3. The standard InChI is InChI=1S/C12H14N2O/c1-10-13-7-8-14(10)9-12(15)11-5-3-2-4-6-11/h2-6H,7-9H2,1H3. The maximum absolute atomic E-state index is 11.8. The number of carbonyl (C=O) groups is 1. The average Bonchev–Trinajstić information content (AvgIpc) is 2.66. The summed E-state index contributed by atoms with van der Waals surface area (Å²) in [5.41, 5.74) is 0.775. The zero-order chi connectivity index (χ0) is 10.7. The minimum absolute atomic E-state index is 0.159. The number of carbonyl (C=O) groups excluding carboxylic acids is 1. The van der Waals surface area contributed by atoms with Gasteiger partial charge in [0, 0.05) is 12.1 Å². The molecule has 0 aromatic heterocycles. The topological polar surface area (TPSA) is 32.7 Å². The second-order valence-corrected chi connectivity index (χ2v) is 3.64. The van der Waals surface area contributed by atoms with E-state index in [9.17, 15) is 4.79 Å². The molecule has 1 aromatic carbocycles. The van der Waals surface area contributed by atoms with Gasteiger partial charge in [-0.2, -0.15) is 0 Å². The molecule has 2 rings (SSSR count). The lowest BCUT2D eigenvalue weighted by Crippen LogP contribution is -2.31. The van der Waals surface area contributed by atoms with Crippen LogP contribution in [-0.2, 0) is 0 Å². The van der Waals surface area contributed by atoms with Crippen LogP contribution in [0.15, 0.2) is 35.3 Å². The van der Waals surface area contributed by atoms with Crippen LogP contribution in [0.25, 0.3) is 0 Å². The van der Waals surface area contributed by atoms with Crippen LogP contribution in [0.3, 0.4) is 0 Å². The van der Waals surface area contributed by atoms with Crippen LogP contribution in [-0.4, -0.2) is 36.2 Å². The van der Waals surface area contributed by atoms with Crippen LogP contribution < -0.4 is 0 Å². The SMILES string of the molecule is CC1=NCCN1CC(=O)c1ccccc1. The van der Waals surface area contributed by atoms with E-state index >= 15 is 0 Å². The van der Waals surface area contributed by atoms with Gasteiger partial charge in [-0.3, -0.25) is 9.79 Å². The van der Waals surface area contributed by atoms with E-state index in [0.717, 1.165) is 24.5 Å². The first-order valence-corrected chi connectivity index (χ1v) is 5.11. The van der Waals surface area contributed by atoms with Gasteiger partial charge in [-0.15, -0.1) is 0 Å². The van der Waals surface area contributed by atoms with E-state index in [1.807, 2.05) is 42.2 Å². The second-order valence-electron chi connectivity index (χ2n) is 3.64. The smallest absolute Gasteiger partial charge is 0.182 e. The molecule has 0 unspecified atom stereocenters. The van der Waals surface area contributed by atoms with Gasteiger partial charge in [0.05, 0.1) is 18.9 Å². The van der Waals surface area contributed by atoms with Gasteiger partial charge in [0.2, 0.25) is 0 Å². The van der Waals surface area contributed by atoms with Crippen molar-refractivity contribution >= 4 is 11.6 Å². The lowest BCUT2D eigenvalue weighted by molar-refractivity contribution is 0.0966. The summed E-state index contributed by atoms with van der Waals surface area (Å²) in [6.45, 7) is 4.07. The van der Waals surface area contributed by atoms with Crippen molar-refractivity contribution in [3.63, 3.8) is 0 Å². The summed E-state index contributed by atoms with van der Waals surface area (Å²) < 4.78 is 0. The Balaban J connectivity index is 2.02. The number of aliphatic imine (C=N–C) groups is 1. The van der Waals surface area contributed by atoms with E-state index in [4.69, 9.17) is 0 Å². The zero-order valence-electron chi connectivity index (χ0n) is 8.81. The fraction of sp³-hybridized carbons (Fsp3) is 0.333. The van der Waals surface area contributed by atoms with E-state index in [0.29, 0.717) is 6.54 Å². The number of rotatable bonds is 3. The van der Waals surface area contributed by atoms with Gasteiger partial charge in [-0.25, -0.2) is 0 Å². The zero-order valence-corrected chi connectivity index (χ0v) is 8.81. The lowest BCUT2D eigenvalue weighted by Gasteiger charge is -2.16. The maximum Gasteiger partial charge on any atom is 0.182 e. The number of amidine groups is 1. The number of nitrogens with zero attached hydrogens (tertiary/aromatic N) is 2. The summed E-state index contributed by atoms with van der Waals surface area (Å²) in [4.78, 5) is 18.1. The van der Waals surface area contributed by atoms with Crippen molar-refractivity contribution in [2.45, 2.75) is 6.92 Å². The van der Waals surface area contributed by atoms with E-state index in [1.165, 1.54) is 0 Å². The molecule has 0 spiro atoms. The molecule has 0 fully saturated rings. The van der Waals surface area contributed by atoms with E-state index in [2.05, 4.69) is 4.99 Å². The molecule has 0 saturated heterocycles. The van der Waals surface area contributed by atoms with Crippen molar-refractivity contribution < 1.29 is 4.79 Å². The van der Waals surface area contributed by atoms with E-state index < -0.39 is 0 Å². The van der Waals surface area contributed by atoms with Crippen LogP contribution in [0.1, 0.15) is 17.3 Å². The second kappa shape index (κ2) is 4.26. The van der Waals surface area contributed by atoms with Crippen molar-refractivity contribution in [1.29, 1.82) is 0 Å². The van der Waals surface area contributed by atoms with Crippen LogP contribution in [0.4, 0.5) is 0 Å².